The third-order valence-electron chi connectivity index (χ3n) is 4.85. The van der Waals surface area contributed by atoms with Gasteiger partial charge in [0.05, 0.1) is 38.1 Å². The highest BCUT2D eigenvalue weighted by atomic mass is 35.5. The molecule has 0 aliphatic heterocycles. The summed E-state index contributed by atoms with van der Waals surface area (Å²) in [5, 5.41) is 16.4. The number of thiophene rings is 1. The van der Waals surface area contributed by atoms with Gasteiger partial charge in [-0.2, -0.15) is 5.10 Å². The molecular formula is C25H24Cl2N2O2S. The summed E-state index contributed by atoms with van der Waals surface area (Å²) in [7, 11) is 0. The summed E-state index contributed by atoms with van der Waals surface area (Å²) in [5.74, 6) is 0.675. The average molecular weight is 487 g/mol. The molecule has 166 valence electrons. The summed E-state index contributed by atoms with van der Waals surface area (Å²) in [6.45, 7) is 7.39. The van der Waals surface area contributed by atoms with Crippen LogP contribution in [0.2, 0.25) is 10.0 Å². The molecule has 4 rings (SSSR count). The van der Waals surface area contributed by atoms with Gasteiger partial charge in [-0.15, -0.1) is 11.3 Å². The number of aromatic nitrogens is 2. The smallest absolute Gasteiger partial charge is 0.138 e. The maximum atomic E-state index is 10.6. The van der Waals surface area contributed by atoms with Crippen molar-refractivity contribution in [2.24, 2.45) is 0 Å². The van der Waals surface area contributed by atoms with E-state index in [-0.39, 0.29) is 6.10 Å². The second-order valence-corrected chi connectivity index (χ2v) is 10.2. The number of hydrogen-bond donors (Lipinski definition) is 1. The van der Waals surface area contributed by atoms with Gasteiger partial charge in [-0.25, -0.2) is 4.68 Å². The van der Waals surface area contributed by atoms with Crippen LogP contribution in [-0.2, 0) is 5.60 Å². The Labute approximate surface area is 202 Å². The third kappa shape index (κ3) is 4.71. The van der Waals surface area contributed by atoms with Crippen LogP contribution in [-0.4, -0.2) is 21.0 Å². The van der Waals surface area contributed by atoms with E-state index in [1.54, 1.807) is 29.9 Å². The van der Waals surface area contributed by atoms with E-state index in [0.717, 1.165) is 26.7 Å². The molecular weight excluding hydrogens is 463 g/mol. The Morgan fingerprint density at radius 1 is 0.969 bits per heavy atom. The molecule has 0 saturated heterocycles. The fraction of sp³-hybridized carbons (Fsp3) is 0.240. The summed E-state index contributed by atoms with van der Waals surface area (Å²) in [5.41, 5.74) is 2.11. The monoisotopic (exact) mass is 486 g/mol. The second kappa shape index (κ2) is 8.91. The lowest BCUT2D eigenvalue weighted by molar-refractivity contribution is 0.0734. The first kappa shape index (κ1) is 22.9. The van der Waals surface area contributed by atoms with E-state index in [4.69, 9.17) is 27.9 Å². The first-order chi connectivity index (χ1) is 15.1. The van der Waals surface area contributed by atoms with E-state index in [2.05, 4.69) is 11.2 Å². The van der Waals surface area contributed by atoms with Gasteiger partial charge in [0.25, 0.3) is 0 Å². The first-order valence-corrected chi connectivity index (χ1v) is 11.9. The lowest BCUT2D eigenvalue weighted by atomic mass is 10.1. The molecule has 4 aromatic rings. The van der Waals surface area contributed by atoms with Crippen molar-refractivity contribution in [2.45, 2.75) is 39.4 Å². The van der Waals surface area contributed by atoms with Crippen LogP contribution in [0.1, 0.15) is 33.4 Å². The molecule has 0 fully saturated rings. The van der Waals surface area contributed by atoms with Crippen LogP contribution in [0.15, 0.2) is 60.7 Å². The second-order valence-electron chi connectivity index (χ2n) is 8.31. The van der Waals surface area contributed by atoms with Crippen LogP contribution < -0.4 is 4.74 Å². The van der Waals surface area contributed by atoms with E-state index in [1.807, 2.05) is 68.4 Å². The molecule has 2 aromatic carbocycles. The molecule has 0 bridgehead atoms. The number of hydrogen-bond acceptors (Lipinski definition) is 4. The molecule has 0 spiro atoms. The van der Waals surface area contributed by atoms with Crippen molar-refractivity contribution >= 4 is 34.5 Å². The number of halogens is 2. The molecule has 0 aliphatic rings. The highest BCUT2D eigenvalue weighted by Gasteiger charge is 2.24. The lowest BCUT2D eigenvalue weighted by Gasteiger charge is -2.13. The normalized spacial score (nSPS) is 11.9. The molecule has 0 aliphatic carbocycles. The Hall–Kier alpha value is -2.31. The summed E-state index contributed by atoms with van der Waals surface area (Å²) >= 11 is 14.5. The molecule has 2 aromatic heterocycles. The van der Waals surface area contributed by atoms with Gasteiger partial charge in [0.15, 0.2) is 0 Å². The highest BCUT2D eigenvalue weighted by molar-refractivity contribution is 7.18. The van der Waals surface area contributed by atoms with Gasteiger partial charge in [-0.3, -0.25) is 0 Å². The first-order valence-electron chi connectivity index (χ1n) is 10.3. The summed E-state index contributed by atoms with van der Waals surface area (Å²) in [6.07, 6.45) is 0.0572. The number of benzene rings is 2. The van der Waals surface area contributed by atoms with Gasteiger partial charge < -0.3 is 9.84 Å². The van der Waals surface area contributed by atoms with Crippen LogP contribution in [0, 0.1) is 0 Å². The maximum Gasteiger partial charge on any atom is 0.138 e. The standard InChI is InChI=1S/C25H24Cl2N2O2S/c1-15(2)31-21-10-9-16(13-18(21)27)22-11-12-23(32-22)20-14-24(25(3,4)30)28-29(20)19-8-6-5-7-17(19)26/h5-15,30H,1-4H3. The number of aliphatic hydroxyl groups is 1. The maximum absolute atomic E-state index is 10.6. The largest absolute Gasteiger partial charge is 0.489 e. The fourth-order valence-corrected chi connectivity index (χ4v) is 4.74. The van der Waals surface area contributed by atoms with Crippen LogP contribution in [0.5, 0.6) is 5.75 Å². The number of ether oxygens (including phenoxy) is 1. The Morgan fingerprint density at radius 3 is 2.34 bits per heavy atom. The van der Waals surface area contributed by atoms with E-state index >= 15 is 0 Å². The minimum absolute atomic E-state index is 0.0572. The molecule has 0 unspecified atom stereocenters. The Kier molecular flexibility index (Phi) is 6.37. The molecule has 1 N–H and O–H groups in total. The zero-order valence-corrected chi connectivity index (χ0v) is 20.6. The summed E-state index contributed by atoms with van der Waals surface area (Å²) in [6, 6.07) is 19.4. The van der Waals surface area contributed by atoms with Crippen molar-refractivity contribution in [1.82, 2.24) is 9.78 Å². The van der Waals surface area contributed by atoms with Crippen molar-refractivity contribution in [3.05, 3.63) is 76.4 Å². The molecule has 7 heteroatoms. The van der Waals surface area contributed by atoms with E-state index in [0.29, 0.717) is 21.5 Å². The van der Waals surface area contributed by atoms with Gasteiger partial charge in [0, 0.05) is 4.88 Å². The lowest BCUT2D eigenvalue weighted by Crippen LogP contribution is -2.16. The van der Waals surface area contributed by atoms with Gasteiger partial charge >= 0.3 is 0 Å². The SMILES string of the molecule is CC(C)Oc1ccc(-c2ccc(-c3cc(C(C)(C)O)nn3-c3ccccc3Cl)s2)cc1Cl. The summed E-state index contributed by atoms with van der Waals surface area (Å²) < 4.78 is 7.53. The van der Waals surface area contributed by atoms with Crippen LogP contribution in [0.25, 0.3) is 26.7 Å². The molecule has 2 heterocycles. The van der Waals surface area contributed by atoms with Crippen LogP contribution >= 0.6 is 34.5 Å². The number of nitrogens with zero attached hydrogens (tertiary/aromatic N) is 2. The van der Waals surface area contributed by atoms with Gasteiger partial charge in [0.1, 0.15) is 11.4 Å². The number of para-hydroxylation sites is 1. The molecule has 0 amide bonds. The molecule has 32 heavy (non-hydrogen) atoms. The van der Waals surface area contributed by atoms with E-state index < -0.39 is 5.60 Å². The Bertz CT molecular complexity index is 1260. The van der Waals surface area contributed by atoms with Crippen molar-refractivity contribution < 1.29 is 9.84 Å². The molecule has 4 nitrogen and oxygen atoms in total. The van der Waals surface area contributed by atoms with Crippen molar-refractivity contribution in [3.8, 4) is 32.4 Å². The predicted octanol–water partition coefficient (Wildman–Crippen LogP) is 7.59. The quantitative estimate of drug-likeness (QED) is 0.305. The van der Waals surface area contributed by atoms with Crippen LogP contribution in [0.3, 0.4) is 0 Å². The zero-order valence-electron chi connectivity index (χ0n) is 18.3. The van der Waals surface area contributed by atoms with E-state index in [1.165, 1.54) is 0 Å². The minimum atomic E-state index is -1.08. The van der Waals surface area contributed by atoms with Gasteiger partial charge in [0.2, 0.25) is 0 Å². The van der Waals surface area contributed by atoms with Crippen molar-refractivity contribution in [2.75, 3.05) is 0 Å². The third-order valence-corrected chi connectivity index (χ3v) is 6.63. The molecule has 0 saturated carbocycles. The zero-order chi connectivity index (χ0) is 23.0. The Morgan fingerprint density at radius 2 is 1.69 bits per heavy atom. The molecule has 0 radical (unpaired) electrons. The predicted molar refractivity (Wildman–Crippen MR) is 133 cm³/mol. The highest BCUT2D eigenvalue weighted by Crippen LogP contribution is 2.39. The Balaban J connectivity index is 1.77. The van der Waals surface area contributed by atoms with Gasteiger partial charge in [-0.1, -0.05) is 35.3 Å². The van der Waals surface area contributed by atoms with Gasteiger partial charge in [-0.05, 0) is 81.8 Å². The average Bonchev–Trinajstić information content (AvgIpc) is 3.36. The minimum Gasteiger partial charge on any atom is -0.489 e. The molecule has 0 atom stereocenters. The fourth-order valence-electron chi connectivity index (χ4n) is 3.30. The topological polar surface area (TPSA) is 47.3 Å². The van der Waals surface area contributed by atoms with Crippen molar-refractivity contribution in [1.29, 1.82) is 0 Å². The van der Waals surface area contributed by atoms with Crippen molar-refractivity contribution in [3.63, 3.8) is 0 Å². The summed E-state index contributed by atoms with van der Waals surface area (Å²) in [4.78, 5) is 2.07. The van der Waals surface area contributed by atoms with Crippen LogP contribution in [0.4, 0.5) is 0 Å². The van der Waals surface area contributed by atoms with E-state index in [9.17, 15) is 5.11 Å². The number of rotatable bonds is 6.